The van der Waals surface area contributed by atoms with Crippen LogP contribution in [0.3, 0.4) is 0 Å². The van der Waals surface area contributed by atoms with Crippen LogP contribution in [-0.2, 0) is 0 Å². The van der Waals surface area contributed by atoms with Crippen LogP contribution in [0.1, 0.15) is 10.6 Å². The Balaban J connectivity index is 2.68. The van der Waals surface area contributed by atoms with Gasteiger partial charge >= 0.3 is 0 Å². The van der Waals surface area contributed by atoms with Crippen molar-refractivity contribution in [2.45, 2.75) is 0 Å². The number of nitrogens with zero attached hydrogens (tertiary/aromatic N) is 3. The van der Waals surface area contributed by atoms with Gasteiger partial charge in [0.05, 0.1) is 0 Å². The highest BCUT2D eigenvalue weighted by atomic mass is 35.5. The Labute approximate surface area is 78.1 Å². The third-order valence-electron chi connectivity index (χ3n) is 1.52. The number of carbonyl (C=O) groups is 1. The summed E-state index contributed by atoms with van der Waals surface area (Å²) in [5.41, 5.74) is 5.51. The molecule has 0 radical (unpaired) electrons. The number of halogens is 1. The molecule has 2 aromatic rings. The second-order valence-electron chi connectivity index (χ2n) is 2.45. The second kappa shape index (κ2) is 2.70. The molecule has 2 rings (SSSR count). The van der Waals surface area contributed by atoms with Gasteiger partial charge in [0, 0.05) is 17.3 Å². The topological polar surface area (TPSA) is 73.3 Å². The van der Waals surface area contributed by atoms with Crippen molar-refractivity contribution in [3.8, 4) is 0 Å². The molecule has 0 aliphatic heterocycles. The maximum absolute atomic E-state index is 10.7. The molecule has 6 heteroatoms. The molecule has 0 atom stereocenters. The van der Waals surface area contributed by atoms with E-state index in [1.165, 1.54) is 4.52 Å². The minimum absolute atomic E-state index is 0.0118. The molecule has 0 aromatic carbocycles. The van der Waals surface area contributed by atoms with Crippen molar-refractivity contribution >= 4 is 23.2 Å². The number of nitrogens with two attached hydrogens (primary N) is 1. The Bertz CT molecular complexity index is 478. The highest BCUT2D eigenvalue weighted by Gasteiger charge is 2.08. The second-order valence-corrected chi connectivity index (χ2v) is 2.88. The molecule has 0 spiro atoms. The van der Waals surface area contributed by atoms with E-state index in [4.69, 9.17) is 17.3 Å². The molecular formula is C7H5ClN4O. The lowest BCUT2D eigenvalue weighted by molar-refractivity contribution is 0.0990. The van der Waals surface area contributed by atoms with Gasteiger partial charge in [-0.1, -0.05) is 11.6 Å². The monoisotopic (exact) mass is 196 g/mol. The number of hydrogen-bond acceptors (Lipinski definition) is 3. The average Bonchev–Trinajstić information content (AvgIpc) is 2.46. The van der Waals surface area contributed by atoms with Gasteiger partial charge in [-0.3, -0.25) is 4.79 Å². The summed E-state index contributed by atoms with van der Waals surface area (Å²) in [6.07, 6.45) is 1.61. The van der Waals surface area contributed by atoms with Crippen molar-refractivity contribution in [3.63, 3.8) is 0 Å². The molecule has 0 saturated carbocycles. The molecule has 0 saturated heterocycles. The average molecular weight is 197 g/mol. The number of amides is 1. The van der Waals surface area contributed by atoms with Gasteiger partial charge in [-0.05, 0) is 6.07 Å². The lowest BCUT2D eigenvalue weighted by Crippen LogP contribution is -2.12. The normalized spacial score (nSPS) is 10.5. The molecule has 5 nitrogen and oxygen atoms in total. The molecule has 1 amide bonds. The van der Waals surface area contributed by atoms with Gasteiger partial charge in [0.25, 0.3) is 5.91 Å². The summed E-state index contributed by atoms with van der Waals surface area (Å²) in [5.74, 6) is -0.665. The highest BCUT2D eigenvalue weighted by molar-refractivity contribution is 6.30. The molecule has 2 heterocycles. The zero-order valence-electron chi connectivity index (χ0n) is 6.44. The van der Waals surface area contributed by atoms with E-state index in [0.717, 1.165) is 0 Å². The summed E-state index contributed by atoms with van der Waals surface area (Å²) in [4.78, 5) is 14.6. The zero-order valence-corrected chi connectivity index (χ0v) is 7.19. The van der Waals surface area contributed by atoms with Crippen LogP contribution in [-0.4, -0.2) is 20.5 Å². The van der Waals surface area contributed by atoms with E-state index in [1.807, 2.05) is 0 Å². The predicted octanol–water partition coefficient (Wildman–Crippen LogP) is 0.482. The summed E-state index contributed by atoms with van der Waals surface area (Å²) in [5, 5.41) is 4.36. The van der Waals surface area contributed by atoms with Crippen LogP contribution in [0.25, 0.3) is 5.65 Å². The van der Waals surface area contributed by atoms with E-state index < -0.39 is 5.91 Å². The van der Waals surface area contributed by atoms with Crippen molar-refractivity contribution < 1.29 is 4.79 Å². The van der Waals surface area contributed by atoms with Crippen molar-refractivity contribution in [2.75, 3.05) is 0 Å². The van der Waals surface area contributed by atoms with Crippen LogP contribution < -0.4 is 5.73 Å². The lowest BCUT2D eigenvalue weighted by atomic mass is 10.5. The third kappa shape index (κ3) is 1.33. The number of pyridine rings is 1. The third-order valence-corrected chi connectivity index (χ3v) is 1.76. The molecule has 0 aliphatic carbocycles. The predicted molar refractivity (Wildman–Crippen MR) is 46.5 cm³/mol. The Hall–Kier alpha value is -1.62. The van der Waals surface area contributed by atoms with Crippen LogP contribution in [0.2, 0.25) is 5.02 Å². The van der Waals surface area contributed by atoms with Gasteiger partial charge in [-0.25, -0.2) is 9.50 Å². The SMILES string of the molecule is NC(=O)c1nc2cc(Cl)ccn2n1. The van der Waals surface area contributed by atoms with E-state index >= 15 is 0 Å². The Morgan fingerprint density at radius 3 is 3.08 bits per heavy atom. The number of carbonyl (C=O) groups excluding carboxylic acids is 1. The van der Waals surface area contributed by atoms with Crippen molar-refractivity contribution in [3.05, 3.63) is 29.2 Å². The highest BCUT2D eigenvalue weighted by Crippen LogP contribution is 2.10. The Morgan fingerprint density at radius 2 is 2.38 bits per heavy atom. The van der Waals surface area contributed by atoms with E-state index in [0.29, 0.717) is 10.7 Å². The number of aromatic nitrogens is 3. The largest absolute Gasteiger partial charge is 0.363 e. The lowest BCUT2D eigenvalue weighted by Gasteiger charge is -1.89. The number of primary amides is 1. The molecule has 2 aromatic heterocycles. The maximum Gasteiger partial charge on any atom is 0.288 e. The molecule has 0 bridgehead atoms. The summed E-state index contributed by atoms with van der Waals surface area (Å²) >= 11 is 5.71. The maximum atomic E-state index is 10.7. The minimum Gasteiger partial charge on any atom is -0.363 e. The van der Waals surface area contributed by atoms with Crippen molar-refractivity contribution in [1.82, 2.24) is 14.6 Å². The fraction of sp³-hybridized carbons (Fsp3) is 0. The quantitative estimate of drug-likeness (QED) is 0.721. The fourth-order valence-electron chi connectivity index (χ4n) is 0.961. The van der Waals surface area contributed by atoms with Gasteiger partial charge < -0.3 is 5.73 Å². The van der Waals surface area contributed by atoms with Crippen molar-refractivity contribution in [2.24, 2.45) is 5.73 Å². The van der Waals surface area contributed by atoms with Crippen LogP contribution in [0.15, 0.2) is 18.3 Å². The molecule has 0 aliphatic rings. The van der Waals surface area contributed by atoms with Gasteiger partial charge in [-0.15, -0.1) is 5.10 Å². The van der Waals surface area contributed by atoms with Gasteiger partial charge in [0.1, 0.15) is 0 Å². The summed E-state index contributed by atoms with van der Waals surface area (Å²) < 4.78 is 1.44. The minimum atomic E-state index is -0.653. The van der Waals surface area contributed by atoms with Gasteiger partial charge in [-0.2, -0.15) is 0 Å². The van der Waals surface area contributed by atoms with Crippen LogP contribution in [0.5, 0.6) is 0 Å². The molecule has 13 heavy (non-hydrogen) atoms. The molecule has 0 fully saturated rings. The Kier molecular flexibility index (Phi) is 1.66. The standard InChI is InChI=1S/C7H5ClN4O/c8-4-1-2-12-5(3-4)10-7(11-12)6(9)13/h1-3H,(H2,9,13). The number of hydrogen-bond donors (Lipinski definition) is 1. The summed E-state index contributed by atoms with van der Waals surface area (Å²) in [7, 11) is 0. The Morgan fingerprint density at radius 1 is 1.62 bits per heavy atom. The van der Waals surface area contributed by atoms with E-state index in [9.17, 15) is 4.79 Å². The first kappa shape index (κ1) is 8.00. The fourth-order valence-corrected chi connectivity index (χ4v) is 1.12. The molecule has 2 N–H and O–H groups in total. The first-order valence-electron chi connectivity index (χ1n) is 3.48. The molecule has 66 valence electrons. The first-order valence-corrected chi connectivity index (χ1v) is 3.86. The summed E-state index contributed by atoms with van der Waals surface area (Å²) in [6.45, 7) is 0. The molecular weight excluding hydrogens is 192 g/mol. The molecule has 0 unspecified atom stereocenters. The smallest absolute Gasteiger partial charge is 0.288 e. The van der Waals surface area contributed by atoms with E-state index in [1.54, 1.807) is 18.3 Å². The number of rotatable bonds is 1. The van der Waals surface area contributed by atoms with Crippen molar-refractivity contribution in [1.29, 1.82) is 0 Å². The number of fused-ring (bicyclic) bond motifs is 1. The van der Waals surface area contributed by atoms with Crippen LogP contribution in [0, 0.1) is 0 Å². The summed E-state index contributed by atoms with van der Waals surface area (Å²) in [6, 6.07) is 3.25. The zero-order chi connectivity index (χ0) is 9.42. The van der Waals surface area contributed by atoms with E-state index in [2.05, 4.69) is 10.1 Å². The van der Waals surface area contributed by atoms with E-state index in [-0.39, 0.29) is 5.82 Å². The van der Waals surface area contributed by atoms with Crippen LogP contribution in [0.4, 0.5) is 0 Å². The first-order chi connectivity index (χ1) is 6.16. The van der Waals surface area contributed by atoms with Crippen LogP contribution >= 0.6 is 11.6 Å². The van der Waals surface area contributed by atoms with Gasteiger partial charge in [0.15, 0.2) is 5.65 Å². The van der Waals surface area contributed by atoms with Gasteiger partial charge in [0.2, 0.25) is 5.82 Å².